The molecule has 2 heterocycles. The summed E-state index contributed by atoms with van der Waals surface area (Å²) in [5, 5.41) is 21.6. The van der Waals surface area contributed by atoms with Crippen LogP contribution in [-0.2, 0) is 49.7 Å². The van der Waals surface area contributed by atoms with Gasteiger partial charge in [-0.15, -0.1) is 5.10 Å². The van der Waals surface area contributed by atoms with Crippen molar-refractivity contribution in [2.75, 3.05) is 14.2 Å². The molecule has 3 aliphatic carbocycles. The standard InChI is InChI=1S/C36H54BN5O9/c1-33(2,3)48-31(45)23-14-12-13-21(30(23)47-11)15-28(37-50-27-17-22-16-26(35(22,7)8)36(27,9)51-37)38-29(44)19-42-25(20-43)24(39-40-42)18-41(10)32(46)49-34(4,5)6/h12-14,22,26-28,43H,15-20H2,1-11H3,(H,38,44)/t22-,26-,27+,28?,36-/m0/s1. The van der Waals surface area contributed by atoms with E-state index in [9.17, 15) is 19.5 Å². The van der Waals surface area contributed by atoms with Crippen molar-refractivity contribution < 1.29 is 43.0 Å². The minimum Gasteiger partial charge on any atom is -0.496 e. The molecule has 4 aliphatic rings. The maximum absolute atomic E-state index is 13.8. The van der Waals surface area contributed by atoms with Gasteiger partial charge in [0.25, 0.3) is 0 Å². The van der Waals surface area contributed by atoms with Crippen LogP contribution in [-0.4, -0.2) is 93.1 Å². The van der Waals surface area contributed by atoms with E-state index in [0.29, 0.717) is 28.8 Å². The van der Waals surface area contributed by atoms with Gasteiger partial charge in [0.15, 0.2) is 0 Å². The first-order chi connectivity index (χ1) is 23.7. The van der Waals surface area contributed by atoms with Gasteiger partial charge in [-0.25, -0.2) is 14.3 Å². The lowest BCUT2D eigenvalue weighted by atomic mass is 9.43. The molecule has 1 aliphatic heterocycles. The molecule has 5 atom stereocenters. The number of hydrogen-bond acceptors (Lipinski definition) is 11. The van der Waals surface area contributed by atoms with Crippen molar-refractivity contribution in [1.82, 2.24) is 25.2 Å². The average Bonchev–Trinajstić information content (AvgIpc) is 3.57. The first-order valence-corrected chi connectivity index (χ1v) is 17.6. The van der Waals surface area contributed by atoms with Crippen molar-refractivity contribution in [2.45, 2.75) is 130 Å². The summed E-state index contributed by atoms with van der Waals surface area (Å²) in [6.45, 7) is 16.7. The number of nitrogens with zero attached hydrogens (tertiary/aromatic N) is 4. The highest BCUT2D eigenvalue weighted by Crippen LogP contribution is 2.65. The minimum absolute atomic E-state index is 0.0189. The molecule has 2 amide bonds. The van der Waals surface area contributed by atoms with Crippen molar-refractivity contribution in [2.24, 2.45) is 17.3 Å². The maximum Gasteiger partial charge on any atom is 0.482 e. The first kappa shape index (κ1) is 38.5. The molecule has 4 fully saturated rings. The number of aliphatic hydroxyl groups excluding tert-OH is 1. The quantitative estimate of drug-likeness (QED) is 0.255. The number of carbonyl (C=O) groups is 3. The van der Waals surface area contributed by atoms with Crippen molar-refractivity contribution in [3.05, 3.63) is 40.7 Å². The summed E-state index contributed by atoms with van der Waals surface area (Å²) in [7, 11) is 2.26. The van der Waals surface area contributed by atoms with Crippen LogP contribution in [0.15, 0.2) is 18.2 Å². The van der Waals surface area contributed by atoms with Gasteiger partial charge in [0.1, 0.15) is 34.8 Å². The number of aromatic nitrogens is 3. The lowest BCUT2D eigenvalue weighted by molar-refractivity contribution is -0.199. The summed E-state index contributed by atoms with van der Waals surface area (Å²) < 4.78 is 31.6. The van der Waals surface area contributed by atoms with Gasteiger partial charge in [0.2, 0.25) is 5.91 Å². The third kappa shape index (κ3) is 8.05. The number of para-hydroxylation sites is 1. The topological polar surface area (TPSA) is 164 Å². The molecule has 0 radical (unpaired) electrons. The number of amides is 2. The Bertz CT molecular complexity index is 1630. The number of carbonyl (C=O) groups excluding carboxylic acids is 3. The fraction of sp³-hybridized carbons (Fsp3) is 0.694. The maximum atomic E-state index is 13.8. The summed E-state index contributed by atoms with van der Waals surface area (Å²) >= 11 is 0. The predicted octanol–water partition coefficient (Wildman–Crippen LogP) is 4.10. The predicted molar refractivity (Wildman–Crippen MR) is 188 cm³/mol. The number of methoxy groups -OCH3 is 1. The Balaban J connectivity index is 1.39. The van der Waals surface area contributed by atoms with Crippen molar-refractivity contribution in [3.63, 3.8) is 0 Å². The highest BCUT2D eigenvalue weighted by molar-refractivity contribution is 6.48. The molecule has 2 aromatic rings. The molecule has 2 N–H and O–H groups in total. The van der Waals surface area contributed by atoms with E-state index >= 15 is 0 Å². The third-order valence-corrected chi connectivity index (χ3v) is 10.5. The zero-order valence-corrected chi connectivity index (χ0v) is 31.9. The van der Waals surface area contributed by atoms with Crippen molar-refractivity contribution in [3.8, 4) is 5.75 Å². The van der Waals surface area contributed by atoms with E-state index in [-0.39, 0.29) is 42.3 Å². The lowest BCUT2D eigenvalue weighted by Gasteiger charge is -2.64. The molecule has 280 valence electrons. The second-order valence-electron chi connectivity index (χ2n) is 16.9. The molecule has 1 unspecified atom stereocenters. The van der Waals surface area contributed by atoms with E-state index in [1.165, 1.54) is 16.7 Å². The Morgan fingerprint density at radius 1 is 1.12 bits per heavy atom. The van der Waals surface area contributed by atoms with Crippen LogP contribution in [0, 0.1) is 17.3 Å². The number of nitrogens with one attached hydrogen (secondary N) is 1. The van der Waals surface area contributed by atoms with Crippen LogP contribution >= 0.6 is 0 Å². The molecule has 2 bridgehead atoms. The second kappa shape index (κ2) is 14.0. The zero-order chi connectivity index (χ0) is 37.7. The van der Waals surface area contributed by atoms with Gasteiger partial charge < -0.3 is 38.8 Å². The molecule has 6 rings (SSSR count). The number of esters is 1. The fourth-order valence-electron chi connectivity index (χ4n) is 7.81. The van der Waals surface area contributed by atoms with E-state index in [4.69, 9.17) is 23.5 Å². The van der Waals surface area contributed by atoms with Gasteiger partial charge >= 0.3 is 19.2 Å². The van der Waals surface area contributed by atoms with Crippen LogP contribution < -0.4 is 10.1 Å². The summed E-state index contributed by atoms with van der Waals surface area (Å²) in [5.74, 6) is -0.457. The van der Waals surface area contributed by atoms with Gasteiger partial charge in [-0.3, -0.25) is 4.79 Å². The van der Waals surface area contributed by atoms with Crippen LogP contribution in [0.25, 0.3) is 0 Å². The molecule has 1 aromatic heterocycles. The van der Waals surface area contributed by atoms with Crippen molar-refractivity contribution in [1.29, 1.82) is 0 Å². The lowest BCUT2D eigenvalue weighted by Crippen LogP contribution is -2.65. The van der Waals surface area contributed by atoms with Gasteiger partial charge in [-0.05, 0) is 96.6 Å². The molecular weight excluding hydrogens is 657 g/mol. The Kier molecular flexibility index (Phi) is 10.6. The van der Waals surface area contributed by atoms with E-state index < -0.39 is 54.4 Å². The fourth-order valence-corrected chi connectivity index (χ4v) is 7.81. The van der Waals surface area contributed by atoms with Crippen LogP contribution in [0.2, 0.25) is 0 Å². The molecular formula is C36H54BN5O9. The Hall–Kier alpha value is -3.69. The van der Waals surface area contributed by atoms with Gasteiger partial charge in [0, 0.05) is 7.05 Å². The van der Waals surface area contributed by atoms with Gasteiger partial charge in [-0.1, -0.05) is 31.2 Å². The average molecular weight is 712 g/mol. The van der Waals surface area contributed by atoms with Crippen LogP contribution in [0.5, 0.6) is 5.75 Å². The smallest absolute Gasteiger partial charge is 0.482 e. The van der Waals surface area contributed by atoms with E-state index in [0.717, 1.165) is 12.8 Å². The summed E-state index contributed by atoms with van der Waals surface area (Å²) in [6, 6.07) is 5.24. The highest BCUT2D eigenvalue weighted by Gasteiger charge is 2.68. The number of aliphatic hydroxyl groups is 1. The summed E-state index contributed by atoms with van der Waals surface area (Å²) in [5.41, 5.74) is -0.247. The van der Waals surface area contributed by atoms with Gasteiger partial charge in [0.05, 0.1) is 43.6 Å². The van der Waals surface area contributed by atoms with Crippen LogP contribution in [0.4, 0.5) is 4.79 Å². The van der Waals surface area contributed by atoms with E-state index in [1.807, 2.05) is 6.07 Å². The highest BCUT2D eigenvalue weighted by atomic mass is 16.7. The number of benzene rings is 1. The molecule has 3 saturated carbocycles. The van der Waals surface area contributed by atoms with E-state index in [2.05, 4.69) is 36.4 Å². The molecule has 0 spiro atoms. The number of ether oxygens (including phenoxy) is 3. The Morgan fingerprint density at radius 2 is 1.80 bits per heavy atom. The normalized spacial score (nSPS) is 24.2. The Labute approximate surface area is 301 Å². The first-order valence-electron chi connectivity index (χ1n) is 17.6. The SMILES string of the molecule is COc1c(CC(NC(=O)Cn2nnc(CN(C)C(=O)OC(C)(C)C)c2CO)B2O[C@@H]3C[C@@H]4C[C@@H](C4(C)C)[C@]3(C)O2)cccc1C(=O)OC(C)(C)C. The minimum atomic E-state index is -0.792. The summed E-state index contributed by atoms with van der Waals surface area (Å²) in [6.07, 6.45) is 1.47. The Morgan fingerprint density at radius 3 is 2.41 bits per heavy atom. The molecule has 51 heavy (non-hydrogen) atoms. The van der Waals surface area contributed by atoms with Gasteiger partial charge in [-0.2, -0.15) is 0 Å². The molecule has 14 nitrogen and oxygen atoms in total. The zero-order valence-electron chi connectivity index (χ0n) is 31.9. The number of hydrogen-bond donors (Lipinski definition) is 2. The second-order valence-corrected chi connectivity index (χ2v) is 16.9. The molecule has 1 saturated heterocycles. The number of rotatable bonds is 11. The van der Waals surface area contributed by atoms with Crippen LogP contribution in [0.1, 0.15) is 102 Å². The van der Waals surface area contributed by atoms with Crippen molar-refractivity contribution >= 4 is 25.1 Å². The molecule has 1 aromatic carbocycles. The van der Waals surface area contributed by atoms with E-state index in [1.54, 1.807) is 60.7 Å². The largest absolute Gasteiger partial charge is 0.496 e. The molecule has 15 heteroatoms. The third-order valence-electron chi connectivity index (χ3n) is 10.5. The monoisotopic (exact) mass is 711 g/mol. The van der Waals surface area contributed by atoms with Crippen LogP contribution in [0.3, 0.4) is 0 Å². The summed E-state index contributed by atoms with van der Waals surface area (Å²) in [4.78, 5) is 40.9.